The fourth-order valence-corrected chi connectivity index (χ4v) is 3.61. The van der Waals surface area contributed by atoms with Gasteiger partial charge in [0.05, 0.1) is 12.6 Å². The van der Waals surface area contributed by atoms with E-state index in [0.717, 1.165) is 44.5 Å². The van der Waals surface area contributed by atoms with Gasteiger partial charge in [0.1, 0.15) is 0 Å². The molecule has 2 aliphatic rings. The zero-order valence-electron chi connectivity index (χ0n) is 12.7. The summed E-state index contributed by atoms with van der Waals surface area (Å²) in [5.74, 6) is 0.489. The molecule has 0 spiro atoms. The van der Waals surface area contributed by atoms with Crippen molar-refractivity contribution >= 4 is 11.6 Å². The standard InChI is InChI=1S/C17H24N2O2/c1-18(11-14-6-4-8-16(14)20)12-17(21)19-10-9-13-5-2-3-7-15(13)19/h2-3,5,7,14,16,20H,4,6,8-12H2,1H3. The Morgan fingerprint density at radius 3 is 2.95 bits per heavy atom. The van der Waals surface area contributed by atoms with Crippen LogP contribution < -0.4 is 4.90 Å². The molecule has 21 heavy (non-hydrogen) atoms. The molecule has 1 fully saturated rings. The van der Waals surface area contributed by atoms with Crippen LogP contribution in [0.4, 0.5) is 5.69 Å². The maximum atomic E-state index is 12.5. The van der Waals surface area contributed by atoms with Gasteiger partial charge in [0.2, 0.25) is 5.91 Å². The van der Waals surface area contributed by atoms with Crippen LogP contribution in [0.1, 0.15) is 24.8 Å². The molecule has 114 valence electrons. The van der Waals surface area contributed by atoms with Gasteiger partial charge >= 0.3 is 0 Å². The minimum atomic E-state index is -0.185. The lowest BCUT2D eigenvalue weighted by atomic mass is 10.1. The van der Waals surface area contributed by atoms with Crippen LogP contribution in [0, 0.1) is 5.92 Å². The lowest BCUT2D eigenvalue weighted by molar-refractivity contribution is -0.119. The molecule has 1 saturated carbocycles. The molecular weight excluding hydrogens is 264 g/mol. The minimum absolute atomic E-state index is 0.162. The number of carbonyl (C=O) groups is 1. The van der Waals surface area contributed by atoms with E-state index < -0.39 is 0 Å². The van der Waals surface area contributed by atoms with E-state index in [9.17, 15) is 9.90 Å². The Labute approximate surface area is 126 Å². The van der Waals surface area contributed by atoms with Crippen LogP contribution in [0.2, 0.25) is 0 Å². The van der Waals surface area contributed by atoms with Crippen molar-refractivity contribution in [2.45, 2.75) is 31.8 Å². The Bertz CT molecular complexity index is 517. The van der Waals surface area contributed by atoms with Crippen molar-refractivity contribution in [3.63, 3.8) is 0 Å². The van der Waals surface area contributed by atoms with E-state index in [-0.39, 0.29) is 12.0 Å². The van der Waals surface area contributed by atoms with Crippen molar-refractivity contribution in [2.24, 2.45) is 5.92 Å². The summed E-state index contributed by atoms with van der Waals surface area (Å²) in [6.45, 7) is 2.03. The van der Waals surface area contributed by atoms with Gasteiger partial charge < -0.3 is 10.0 Å². The first-order chi connectivity index (χ1) is 10.1. The first-order valence-corrected chi connectivity index (χ1v) is 7.90. The topological polar surface area (TPSA) is 43.8 Å². The van der Waals surface area contributed by atoms with Gasteiger partial charge in [-0.05, 0) is 43.9 Å². The molecule has 0 bridgehead atoms. The zero-order valence-corrected chi connectivity index (χ0v) is 12.7. The third-order valence-corrected chi connectivity index (χ3v) is 4.76. The third kappa shape index (κ3) is 3.11. The molecule has 1 aliphatic heterocycles. The normalized spacial score (nSPS) is 24.6. The predicted octanol–water partition coefficient (Wildman–Crippen LogP) is 1.67. The Morgan fingerprint density at radius 2 is 2.19 bits per heavy atom. The van der Waals surface area contributed by atoms with Crippen LogP contribution in [-0.4, -0.2) is 48.7 Å². The number of carbonyl (C=O) groups excluding carboxylic acids is 1. The van der Waals surface area contributed by atoms with Gasteiger partial charge in [-0.25, -0.2) is 0 Å². The molecule has 2 atom stereocenters. The van der Waals surface area contributed by atoms with Gasteiger partial charge in [0, 0.05) is 18.8 Å². The van der Waals surface area contributed by atoms with E-state index in [0.29, 0.717) is 12.5 Å². The molecule has 2 unspecified atom stereocenters. The zero-order chi connectivity index (χ0) is 14.8. The van der Waals surface area contributed by atoms with E-state index in [4.69, 9.17) is 0 Å². The highest BCUT2D eigenvalue weighted by molar-refractivity contribution is 5.96. The van der Waals surface area contributed by atoms with Gasteiger partial charge in [-0.2, -0.15) is 0 Å². The first-order valence-electron chi connectivity index (χ1n) is 7.90. The van der Waals surface area contributed by atoms with Gasteiger partial charge in [0.15, 0.2) is 0 Å². The van der Waals surface area contributed by atoms with Crippen LogP contribution in [-0.2, 0) is 11.2 Å². The quantitative estimate of drug-likeness (QED) is 0.916. The van der Waals surface area contributed by atoms with Crippen LogP contribution in [0.3, 0.4) is 0 Å². The Kier molecular flexibility index (Phi) is 4.27. The number of benzene rings is 1. The van der Waals surface area contributed by atoms with Crippen LogP contribution in [0.5, 0.6) is 0 Å². The number of hydrogen-bond donors (Lipinski definition) is 1. The second-order valence-electron chi connectivity index (χ2n) is 6.38. The molecule has 1 aliphatic carbocycles. The van der Waals surface area contributed by atoms with Crippen LogP contribution in [0.15, 0.2) is 24.3 Å². The maximum Gasteiger partial charge on any atom is 0.241 e. The van der Waals surface area contributed by atoms with Gasteiger partial charge in [-0.15, -0.1) is 0 Å². The second kappa shape index (κ2) is 6.16. The molecule has 1 N–H and O–H groups in total. The highest BCUT2D eigenvalue weighted by Gasteiger charge is 2.28. The van der Waals surface area contributed by atoms with Crippen molar-refractivity contribution in [2.75, 3.05) is 31.6 Å². The molecule has 1 aromatic carbocycles. The van der Waals surface area contributed by atoms with Gasteiger partial charge in [-0.1, -0.05) is 24.6 Å². The summed E-state index contributed by atoms with van der Waals surface area (Å²) in [6.07, 6.45) is 3.85. The molecule has 0 saturated heterocycles. The highest BCUT2D eigenvalue weighted by Crippen LogP contribution is 2.28. The second-order valence-corrected chi connectivity index (χ2v) is 6.38. The van der Waals surface area contributed by atoms with E-state index in [1.54, 1.807) is 0 Å². The smallest absolute Gasteiger partial charge is 0.241 e. The summed E-state index contributed by atoms with van der Waals surface area (Å²) in [7, 11) is 1.98. The lowest BCUT2D eigenvalue weighted by Gasteiger charge is -2.25. The van der Waals surface area contributed by atoms with Crippen molar-refractivity contribution < 1.29 is 9.90 Å². The van der Waals surface area contributed by atoms with Crippen molar-refractivity contribution in [1.29, 1.82) is 0 Å². The van der Waals surface area contributed by atoms with Gasteiger partial charge in [0.25, 0.3) is 0 Å². The SMILES string of the molecule is CN(CC(=O)N1CCc2ccccc21)CC1CCCC1O. The van der Waals surface area contributed by atoms with Crippen molar-refractivity contribution in [1.82, 2.24) is 4.90 Å². The summed E-state index contributed by atoms with van der Waals surface area (Å²) in [4.78, 5) is 16.5. The summed E-state index contributed by atoms with van der Waals surface area (Å²) in [5, 5.41) is 9.89. The molecule has 1 amide bonds. The largest absolute Gasteiger partial charge is 0.393 e. The number of para-hydroxylation sites is 1. The molecule has 1 heterocycles. The Balaban J connectivity index is 1.57. The predicted molar refractivity (Wildman–Crippen MR) is 83.3 cm³/mol. The van der Waals surface area contributed by atoms with E-state index in [1.807, 2.05) is 30.1 Å². The monoisotopic (exact) mass is 288 g/mol. The number of nitrogens with zero attached hydrogens (tertiary/aromatic N) is 2. The molecular formula is C17H24N2O2. The third-order valence-electron chi connectivity index (χ3n) is 4.76. The molecule has 1 aromatic rings. The Hall–Kier alpha value is -1.39. The summed E-state index contributed by atoms with van der Waals surface area (Å²) >= 11 is 0. The average Bonchev–Trinajstić information content (AvgIpc) is 3.05. The molecule has 3 rings (SSSR count). The minimum Gasteiger partial charge on any atom is -0.393 e. The fraction of sp³-hybridized carbons (Fsp3) is 0.588. The number of likely N-dealkylation sites (N-methyl/N-ethyl adjacent to an activating group) is 1. The number of rotatable bonds is 4. The van der Waals surface area contributed by atoms with Crippen LogP contribution >= 0.6 is 0 Å². The number of anilines is 1. The van der Waals surface area contributed by atoms with E-state index >= 15 is 0 Å². The Morgan fingerprint density at radius 1 is 1.38 bits per heavy atom. The number of amides is 1. The fourth-order valence-electron chi connectivity index (χ4n) is 3.61. The van der Waals surface area contributed by atoms with Crippen molar-refractivity contribution in [3.8, 4) is 0 Å². The maximum absolute atomic E-state index is 12.5. The summed E-state index contributed by atoms with van der Waals surface area (Å²) in [6, 6.07) is 8.14. The first kappa shape index (κ1) is 14.5. The molecule has 4 heteroatoms. The number of hydrogen-bond acceptors (Lipinski definition) is 3. The molecule has 0 aromatic heterocycles. The highest BCUT2D eigenvalue weighted by atomic mass is 16.3. The summed E-state index contributed by atoms with van der Waals surface area (Å²) in [5.41, 5.74) is 2.33. The average molecular weight is 288 g/mol. The molecule has 4 nitrogen and oxygen atoms in total. The van der Waals surface area contributed by atoms with E-state index in [2.05, 4.69) is 11.0 Å². The van der Waals surface area contributed by atoms with Gasteiger partial charge in [-0.3, -0.25) is 9.69 Å². The number of fused-ring (bicyclic) bond motifs is 1. The van der Waals surface area contributed by atoms with Crippen LogP contribution in [0.25, 0.3) is 0 Å². The number of aliphatic hydroxyl groups excluding tert-OH is 1. The van der Waals surface area contributed by atoms with Crippen molar-refractivity contribution in [3.05, 3.63) is 29.8 Å². The number of aliphatic hydroxyl groups is 1. The lowest BCUT2D eigenvalue weighted by Crippen LogP contribution is -2.40. The molecule has 0 radical (unpaired) electrons. The van der Waals surface area contributed by atoms with E-state index in [1.165, 1.54) is 5.56 Å². The summed E-state index contributed by atoms with van der Waals surface area (Å²) < 4.78 is 0.